The molecular weight excluding hydrogens is 308 g/mol. The molecule has 130 valence electrons. The van der Waals surface area contributed by atoms with E-state index in [1.54, 1.807) is 18.3 Å². The molecule has 0 aromatic carbocycles. The van der Waals surface area contributed by atoms with Crippen LogP contribution in [0.1, 0.15) is 60.3 Å². The van der Waals surface area contributed by atoms with E-state index in [4.69, 9.17) is 0 Å². The fourth-order valence-electron chi connectivity index (χ4n) is 4.24. The van der Waals surface area contributed by atoms with Gasteiger partial charge < -0.3 is 0 Å². The van der Waals surface area contributed by atoms with Crippen molar-refractivity contribution in [3.05, 3.63) is 24.5 Å². The number of aromatic nitrogens is 1. The molecule has 1 aliphatic rings. The topological polar surface area (TPSA) is 59.1 Å². The lowest BCUT2D eigenvalue weighted by molar-refractivity contribution is -0.0143. The van der Waals surface area contributed by atoms with Gasteiger partial charge >= 0.3 is 0 Å². The summed E-state index contributed by atoms with van der Waals surface area (Å²) in [5.74, 6) is 0.596. The summed E-state index contributed by atoms with van der Waals surface area (Å²) in [7, 11) is -3.47. The maximum atomic E-state index is 12.4. The van der Waals surface area contributed by atoms with Crippen LogP contribution < -0.4 is 4.72 Å². The van der Waals surface area contributed by atoms with Crippen LogP contribution in [0.2, 0.25) is 0 Å². The van der Waals surface area contributed by atoms with E-state index in [0.717, 1.165) is 25.7 Å². The van der Waals surface area contributed by atoms with Crippen LogP contribution in [0.4, 0.5) is 0 Å². The molecule has 0 aliphatic heterocycles. The summed E-state index contributed by atoms with van der Waals surface area (Å²) in [6, 6.07) is 3.26. The molecule has 5 heteroatoms. The van der Waals surface area contributed by atoms with Crippen molar-refractivity contribution >= 4 is 10.0 Å². The predicted molar refractivity (Wildman–Crippen MR) is 93.5 cm³/mol. The van der Waals surface area contributed by atoms with Gasteiger partial charge in [-0.25, -0.2) is 13.1 Å². The Hall–Kier alpha value is -0.940. The van der Waals surface area contributed by atoms with E-state index in [2.05, 4.69) is 44.3 Å². The van der Waals surface area contributed by atoms with Gasteiger partial charge in [-0.15, -0.1) is 0 Å². The van der Waals surface area contributed by atoms with Gasteiger partial charge in [0.05, 0.1) is 0 Å². The van der Waals surface area contributed by atoms with Gasteiger partial charge in [-0.1, -0.05) is 34.6 Å². The lowest BCUT2D eigenvalue weighted by Crippen LogP contribution is -2.47. The number of hydrogen-bond donors (Lipinski definition) is 1. The van der Waals surface area contributed by atoms with Gasteiger partial charge in [0.15, 0.2) is 0 Å². The van der Waals surface area contributed by atoms with Crippen molar-refractivity contribution in [3.8, 4) is 0 Å². The number of nitrogens with zero attached hydrogens (tertiary/aromatic N) is 1. The molecular formula is C18H30N2O2S. The largest absolute Gasteiger partial charge is 0.263 e. The number of pyridine rings is 1. The summed E-state index contributed by atoms with van der Waals surface area (Å²) in [6.45, 7) is 11.5. The minimum atomic E-state index is -3.47. The minimum Gasteiger partial charge on any atom is -0.263 e. The molecule has 1 N–H and O–H groups in total. The molecule has 1 aliphatic carbocycles. The summed E-state index contributed by atoms with van der Waals surface area (Å²) >= 11 is 0. The number of nitrogens with one attached hydrogen (secondary N) is 1. The van der Waals surface area contributed by atoms with E-state index in [1.165, 1.54) is 6.20 Å². The molecule has 1 heterocycles. The Morgan fingerprint density at radius 1 is 1.26 bits per heavy atom. The lowest BCUT2D eigenvalue weighted by Gasteiger charge is -2.52. The molecule has 1 aromatic heterocycles. The van der Waals surface area contributed by atoms with Crippen molar-refractivity contribution in [1.82, 2.24) is 9.71 Å². The summed E-state index contributed by atoms with van der Waals surface area (Å²) in [5.41, 5.74) is 0.512. The molecule has 1 aromatic rings. The third-order valence-corrected chi connectivity index (χ3v) is 7.25. The van der Waals surface area contributed by atoms with Crippen LogP contribution in [0.15, 0.2) is 29.4 Å². The number of hydrogen-bond acceptors (Lipinski definition) is 3. The standard InChI is InChI=1S/C18H30N2O2S/c1-14(2)18(17(3,4)5)10-8-15(9-11-18)20-23(21,22)16-7-6-12-19-13-16/h6-7,12-15,20H,8-11H2,1-5H3. The highest BCUT2D eigenvalue weighted by atomic mass is 32.2. The fourth-order valence-corrected chi connectivity index (χ4v) is 5.51. The van der Waals surface area contributed by atoms with Gasteiger partial charge in [0.25, 0.3) is 0 Å². The highest BCUT2D eigenvalue weighted by Gasteiger charge is 2.46. The molecule has 0 unspecified atom stereocenters. The van der Waals surface area contributed by atoms with Crippen LogP contribution in [0, 0.1) is 16.7 Å². The van der Waals surface area contributed by atoms with Crippen LogP contribution in [-0.4, -0.2) is 19.4 Å². The molecule has 1 saturated carbocycles. The van der Waals surface area contributed by atoms with Gasteiger partial charge in [-0.2, -0.15) is 0 Å². The van der Waals surface area contributed by atoms with Crippen LogP contribution in [0.5, 0.6) is 0 Å². The van der Waals surface area contributed by atoms with Crippen molar-refractivity contribution in [1.29, 1.82) is 0 Å². The van der Waals surface area contributed by atoms with Crippen LogP contribution in [-0.2, 0) is 10.0 Å². The quantitative estimate of drug-likeness (QED) is 0.903. The van der Waals surface area contributed by atoms with Crippen molar-refractivity contribution in [2.75, 3.05) is 0 Å². The first-order chi connectivity index (χ1) is 10.6. The Kier molecular flexibility index (Phi) is 5.21. The predicted octanol–water partition coefficient (Wildman–Crippen LogP) is 3.99. The molecule has 0 bridgehead atoms. The van der Waals surface area contributed by atoms with E-state index >= 15 is 0 Å². The Morgan fingerprint density at radius 3 is 2.30 bits per heavy atom. The lowest BCUT2D eigenvalue weighted by atomic mass is 9.54. The van der Waals surface area contributed by atoms with Crippen molar-refractivity contribution in [3.63, 3.8) is 0 Å². The zero-order valence-electron chi connectivity index (χ0n) is 15.0. The van der Waals surface area contributed by atoms with E-state index in [9.17, 15) is 8.42 Å². The second-order valence-electron chi connectivity index (χ2n) is 8.15. The van der Waals surface area contributed by atoms with E-state index in [1.807, 2.05) is 0 Å². The molecule has 0 atom stereocenters. The highest BCUT2D eigenvalue weighted by Crippen LogP contribution is 2.54. The average Bonchev–Trinajstić information content (AvgIpc) is 2.47. The first kappa shape index (κ1) is 18.4. The first-order valence-electron chi connectivity index (χ1n) is 8.51. The number of rotatable bonds is 4. The highest BCUT2D eigenvalue weighted by molar-refractivity contribution is 7.89. The SMILES string of the molecule is CC(C)C1(C(C)(C)C)CCC(NS(=O)(=O)c2cccnc2)CC1. The van der Waals surface area contributed by atoms with Gasteiger partial charge in [-0.05, 0) is 54.6 Å². The third-order valence-electron chi connectivity index (χ3n) is 5.74. The van der Waals surface area contributed by atoms with Crippen LogP contribution in [0.3, 0.4) is 0 Å². The minimum absolute atomic E-state index is 0.0226. The Labute approximate surface area is 141 Å². The maximum absolute atomic E-state index is 12.4. The summed E-state index contributed by atoms with van der Waals surface area (Å²) in [5, 5.41) is 0. The van der Waals surface area contributed by atoms with Crippen LogP contribution >= 0.6 is 0 Å². The zero-order valence-corrected chi connectivity index (χ0v) is 15.8. The Morgan fingerprint density at radius 2 is 1.87 bits per heavy atom. The molecule has 0 saturated heterocycles. The Bertz CT molecular complexity index is 610. The van der Waals surface area contributed by atoms with Crippen molar-refractivity contribution in [2.24, 2.45) is 16.7 Å². The van der Waals surface area contributed by atoms with E-state index < -0.39 is 10.0 Å². The molecule has 4 nitrogen and oxygen atoms in total. The summed E-state index contributed by atoms with van der Waals surface area (Å²) in [4.78, 5) is 4.15. The molecule has 0 radical (unpaired) electrons. The monoisotopic (exact) mass is 338 g/mol. The Balaban J connectivity index is 2.08. The van der Waals surface area contributed by atoms with Crippen molar-refractivity contribution < 1.29 is 8.42 Å². The second-order valence-corrected chi connectivity index (χ2v) is 9.86. The smallest absolute Gasteiger partial charge is 0.242 e. The molecule has 1 fully saturated rings. The van der Waals surface area contributed by atoms with Gasteiger partial charge in [0.1, 0.15) is 4.90 Å². The van der Waals surface area contributed by atoms with E-state index in [-0.39, 0.29) is 21.8 Å². The van der Waals surface area contributed by atoms with Gasteiger partial charge in [0.2, 0.25) is 10.0 Å². The van der Waals surface area contributed by atoms with E-state index in [0.29, 0.717) is 5.92 Å². The number of sulfonamides is 1. The average molecular weight is 339 g/mol. The van der Waals surface area contributed by atoms with Gasteiger partial charge in [0, 0.05) is 18.4 Å². The second kappa shape index (κ2) is 6.52. The molecule has 2 rings (SSSR count). The van der Waals surface area contributed by atoms with Crippen LogP contribution in [0.25, 0.3) is 0 Å². The third kappa shape index (κ3) is 3.77. The molecule has 23 heavy (non-hydrogen) atoms. The first-order valence-corrected chi connectivity index (χ1v) is 9.99. The molecule has 0 spiro atoms. The zero-order chi connectivity index (χ0) is 17.3. The normalized spacial score (nSPS) is 26.4. The molecule has 0 amide bonds. The summed E-state index contributed by atoms with van der Waals surface area (Å²) in [6.07, 6.45) is 6.91. The van der Waals surface area contributed by atoms with Crippen molar-refractivity contribution in [2.45, 2.75) is 71.2 Å². The maximum Gasteiger partial charge on any atom is 0.242 e. The summed E-state index contributed by atoms with van der Waals surface area (Å²) < 4.78 is 27.8. The van der Waals surface area contributed by atoms with Gasteiger partial charge in [-0.3, -0.25) is 4.98 Å². The fraction of sp³-hybridized carbons (Fsp3) is 0.722.